The molecular weight excluding hydrogens is 519 g/mol. The third kappa shape index (κ3) is 4.61. The van der Waals surface area contributed by atoms with Crippen LogP contribution in [-0.2, 0) is 14.9 Å². The number of benzene rings is 2. The quantitative estimate of drug-likeness (QED) is 0.243. The van der Waals surface area contributed by atoms with Crippen molar-refractivity contribution in [2.45, 2.75) is 38.0 Å². The lowest BCUT2D eigenvalue weighted by molar-refractivity contribution is -0.204. The zero-order valence-corrected chi connectivity index (χ0v) is 20.3. The van der Waals surface area contributed by atoms with E-state index in [1.165, 1.54) is 20.8 Å². The topological polar surface area (TPSA) is 62.5 Å². The number of carbonyl (C=O) groups excluding carboxylic acids is 1. The molecule has 0 amide bonds. The molecule has 0 spiro atoms. The smallest absolute Gasteiger partial charge is 0.401 e. The van der Waals surface area contributed by atoms with Crippen molar-refractivity contribution in [3.05, 3.63) is 67.9 Å². The molecule has 1 aliphatic heterocycles. The molecule has 2 unspecified atom stereocenters. The fourth-order valence-electron chi connectivity index (χ4n) is 3.82. The summed E-state index contributed by atoms with van der Waals surface area (Å²) in [4.78, 5) is 17.4. The molecule has 180 valence electrons. The summed E-state index contributed by atoms with van der Waals surface area (Å²) >= 11 is 18.0. The summed E-state index contributed by atoms with van der Waals surface area (Å²) < 4.78 is 63.9. The second kappa shape index (κ2) is 9.03. The van der Waals surface area contributed by atoms with E-state index >= 15 is 0 Å². The Morgan fingerprint density at radius 2 is 1.74 bits per heavy atom. The number of hydrogen-bond donors (Lipinski definition) is 0. The van der Waals surface area contributed by atoms with Crippen molar-refractivity contribution in [3.8, 4) is 6.07 Å². The number of alkyl halides is 3. The van der Waals surface area contributed by atoms with E-state index in [9.17, 15) is 22.4 Å². The molecule has 0 bridgehead atoms. The number of aliphatic imine (C=N–C) groups is 1. The predicted octanol–water partition coefficient (Wildman–Crippen LogP) is 6.92. The van der Waals surface area contributed by atoms with Crippen LogP contribution in [0.5, 0.6) is 0 Å². The Kier molecular flexibility index (Phi) is 6.97. The molecule has 0 saturated carbocycles. The Bertz CT molecular complexity index is 1210. The summed E-state index contributed by atoms with van der Waals surface area (Å²) in [5.41, 5.74) is -5.21. The minimum atomic E-state index is -5.03. The first-order valence-corrected chi connectivity index (χ1v) is 10.9. The minimum absolute atomic E-state index is 0.0221. The van der Waals surface area contributed by atoms with Gasteiger partial charge in [-0.1, -0.05) is 40.9 Å². The highest BCUT2D eigenvalue weighted by molar-refractivity contribution is 6.48. The number of rotatable bonds is 3. The standard InChI is InChI=1S/C23H17Cl3F4N2O2/c1-21(2,3)34-20(33)17-19(11-4-5-16(27)12(6-11)9-31)32-10-22(17,23(28,29)30)13-7-14(24)18(26)15(25)8-13/h4-8,17H,10H2,1-3H3. The van der Waals surface area contributed by atoms with E-state index in [-0.39, 0.29) is 26.3 Å². The van der Waals surface area contributed by atoms with Crippen LogP contribution in [-0.4, -0.2) is 30.0 Å². The van der Waals surface area contributed by atoms with Crippen LogP contribution in [0.1, 0.15) is 37.5 Å². The molecule has 0 aromatic heterocycles. The van der Waals surface area contributed by atoms with Crippen LogP contribution in [0, 0.1) is 23.1 Å². The molecule has 0 saturated heterocycles. The number of hydrogen-bond acceptors (Lipinski definition) is 4. The molecular formula is C23H17Cl3F4N2O2. The number of nitriles is 1. The number of halogens is 7. The Morgan fingerprint density at radius 3 is 2.24 bits per heavy atom. The van der Waals surface area contributed by atoms with Crippen molar-refractivity contribution in [1.29, 1.82) is 5.26 Å². The van der Waals surface area contributed by atoms with Gasteiger partial charge in [-0.05, 0) is 56.2 Å². The second-order valence-corrected chi connectivity index (χ2v) is 9.89. The van der Waals surface area contributed by atoms with Gasteiger partial charge in [0.15, 0.2) is 0 Å². The maximum atomic E-state index is 14.9. The molecule has 2 atom stereocenters. The van der Waals surface area contributed by atoms with Crippen molar-refractivity contribution in [2.75, 3.05) is 6.54 Å². The fraction of sp³-hybridized carbons (Fsp3) is 0.348. The summed E-state index contributed by atoms with van der Waals surface area (Å²) in [6.45, 7) is 3.62. The average Bonchev–Trinajstić information content (AvgIpc) is 3.12. The first-order chi connectivity index (χ1) is 15.6. The molecule has 0 N–H and O–H groups in total. The summed E-state index contributed by atoms with van der Waals surface area (Å²) in [5, 5.41) is 8.55. The Balaban J connectivity index is 2.31. The molecule has 0 fully saturated rings. The van der Waals surface area contributed by atoms with Crippen molar-refractivity contribution < 1.29 is 27.1 Å². The van der Waals surface area contributed by atoms with Crippen molar-refractivity contribution in [1.82, 2.24) is 0 Å². The zero-order valence-electron chi connectivity index (χ0n) is 18.0. The molecule has 34 heavy (non-hydrogen) atoms. The summed E-state index contributed by atoms with van der Waals surface area (Å²) in [6.07, 6.45) is -5.03. The number of esters is 1. The van der Waals surface area contributed by atoms with E-state index in [0.29, 0.717) is 0 Å². The van der Waals surface area contributed by atoms with Crippen LogP contribution >= 0.6 is 34.8 Å². The SMILES string of the molecule is CC(C)(C)OC(=O)C1C(c2ccc(F)c(C#N)c2)=NCC1(c1cc(Cl)c(Cl)c(Cl)c1)C(F)(F)F. The Morgan fingerprint density at radius 1 is 1.15 bits per heavy atom. The van der Waals surface area contributed by atoms with Gasteiger partial charge in [0.1, 0.15) is 28.8 Å². The van der Waals surface area contributed by atoms with Crippen LogP contribution in [0.2, 0.25) is 15.1 Å². The van der Waals surface area contributed by atoms with Gasteiger partial charge in [-0.2, -0.15) is 18.4 Å². The normalized spacial score (nSPS) is 20.6. The summed E-state index contributed by atoms with van der Waals surface area (Å²) in [6, 6.07) is 6.73. The first kappa shape index (κ1) is 26.3. The third-order valence-electron chi connectivity index (χ3n) is 5.29. The maximum Gasteiger partial charge on any atom is 0.401 e. The predicted molar refractivity (Wildman–Crippen MR) is 121 cm³/mol. The zero-order chi connectivity index (χ0) is 25.6. The lowest BCUT2D eigenvalue weighted by Gasteiger charge is -2.38. The summed E-state index contributed by atoms with van der Waals surface area (Å²) in [5.74, 6) is -4.07. The molecule has 0 radical (unpaired) electrons. The first-order valence-electron chi connectivity index (χ1n) is 9.81. The van der Waals surface area contributed by atoms with Crippen LogP contribution in [0.25, 0.3) is 0 Å². The molecule has 2 aromatic rings. The highest BCUT2D eigenvalue weighted by atomic mass is 35.5. The maximum absolute atomic E-state index is 14.9. The fourth-order valence-corrected chi connectivity index (χ4v) is 4.41. The van der Waals surface area contributed by atoms with Gasteiger partial charge in [-0.3, -0.25) is 9.79 Å². The van der Waals surface area contributed by atoms with E-state index < -0.39 is 52.6 Å². The van der Waals surface area contributed by atoms with Gasteiger partial charge in [0.25, 0.3) is 0 Å². The molecule has 1 aliphatic rings. The van der Waals surface area contributed by atoms with Crippen molar-refractivity contribution in [3.63, 3.8) is 0 Å². The third-order valence-corrected chi connectivity index (χ3v) is 6.49. The molecule has 4 nitrogen and oxygen atoms in total. The average molecular weight is 536 g/mol. The van der Waals surface area contributed by atoms with Crippen LogP contribution in [0.15, 0.2) is 35.3 Å². The molecule has 11 heteroatoms. The van der Waals surface area contributed by atoms with Crippen molar-refractivity contribution in [2.24, 2.45) is 10.9 Å². The van der Waals surface area contributed by atoms with Gasteiger partial charge in [0.2, 0.25) is 0 Å². The van der Waals surface area contributed by atoms with Crippen LogP contribution < -0.4 is 0 Å². The van der Waals surface area contributed by atoms with Gasteiger partial charge in [0, 0.05) is 0 Å². The Hall–Kier alpha value is -2.34. The molecule has 0 aliphatic carbocycles. The minimum Gasteiger partial charge on any atom is -0.459 e. The van der Waals surface area contributed by atoms with Gasteiger partial charge < -0.3 is 4.74 Å². The van der Waals surface area contributed by atoms with Gasteiger partial charge in [0.05, 0.1) is 32.9 Å². The van der Waals surface area contributed by atoms with E-state index in [1.807, 2.05) is 0 Å². The molecule has 1 heterocycles. The van der Waals surface area contributed by atoms with Crippen molar-refractivity contribution >= 4 is 46.5 Å². The van der Waals surface area contributed by atoms with Gasteiger partial charge in [-0.25, -0.2) is 4.39 Å². The molecule has 3 rings (SSSR count). The highest BCUT2D eigenvalue weighted by Gasteiger charge is 2.67. The summed E-state index contributed by atoms with van der Waals surface area (Å²) in [7, 11) is 0. The van der Waals surface area contributed by atoms with E-state index in [4.69, 9.17) is 44.8 Å². The molecule has 2 aromatic carbocycles. The van der Waals surface area contributed by atoms with Gasteiger partial charge in [-0.15, -0.1) is 0 Å². The lowest BCUT2D eigenvalue weighted by Crippen LogP contribution is -2.54. The second-order valence-electron chi connectivity index (χ2n) is 8.70. The van der Waals surface area contributed by atoms with Gasteiger partial charge >= 0.3 is 12.1 Å². The van der Waals surface area contributed by atoms with E-state index in [1.54, 1.807) is 6.07 Å². The van der Waals surface area contributed by atoms with E-state index in [2.05, 4.69) is 4.99 Å². The van der Waals surface area contributed by atoms with E-state index in [0.717, 1.165) is 30.3 Å². The number of carbonyl (C=O) groups is 1. The largest absolute Gasteiger partial charge is 0.459 e. The highest BCUT2D eigenvalue weighted by Crippen LogP contribution is 2.53. The van der Waals surface area contributed by atoms with Crippen LogP contribution in [0.4, 0.5) is 17.6 Å². The van der Waals surface area contributed by atoms with Crippen LogP contribution in [0.3, 0.4) is 0 Å². The monoisotopic (exact) mass is 534 g/mol. The number of ether oxygens (including phenoxy) is 1. The number of nitrogens with zero attached hydrogens (tertiary/aromatic N) is 2. The lowest BCUT2D eigenvalue weighted by atomic mass is 9.68. The Labute approximate surface area is 208 Å².